The molecule has 2 amide bonds. The van der Waals surface area contributed by atoms with Crippen molar-refractivity contribution >= 4 is 45.0 Å². The van der Waals surface area contributed by atoms with Crippen LogP contribution in [0.25, 0.3) is 0 Å². The van der Waals surface area contributed by atoms with Crippen molar-refractivity contribution in [3.8, 4) is 11.5 Å². The normalized spacial score (nSPS) is 10.2. The molecule has 0 saturated heterocycles. The second-order valence-electron chi connectivity index (χ2n) is 5.16. The molecule has 0 saturated carbocycles. The molecule has 0 bridgehead atoms. The fourth-order valence-electron chi connectivity index (χ4n) is 2.01. The highest BCUT2D eigenvalue weighted by atomic mass is 79.9. The fraction of sp³-hybridized carbons (Fsp3) is 0.176. The number of rotatable bonds is 6. The highest BCUT2D eigenvalue weighted by Gasteiger charge is 2.17. The molecule has 0 heterocycles. The standard InChI is InChI=1S/C17H16BrClN2O4/c1-9-3-4-11(7-12(9)18)21-17(23)10-5-13(19)16(14(6-10)24-2)25-8-15(20)22/h3-7H,8H2,1-2H3,(H2,20,22)(H,21,23). The summed E-state index contributed by atoms with van der Waals surface area (Å²) in [5.74, 6) is -0.635. The number of hydrogen-bond acceptors (Lipinski definition) is 4. The molecule has 6 nitrogen and oxygen atoms in total. The van der Waals surface area contributed by atoms with E-state index in [0.717, 1.165) is 10.0 Å². The van der Waals surface area contributed by atoms with E-state index in [9.17, 15) is 9.59 Å². The number of amides is 2. The Kier molecular flexibility index (Phi) is 6.27. The van der Waals surface area contributed by atoms with E-state index in [1.54, 1.807) is 12.1 Å². The molecule has 8 heteroatoms. The zero-order chi connectivity index (χ0) is 18.6. The van der Waals surface area contributed by atoms with E-state index in [2.05, 4.69) is 21.2 Å². The first-order valence-corrected chi connectivity index (χ1v) is 8.35. The molecule has 2 aromatic rings. The third-order valence-electron chi connectivity index (χ3n) is 3.28. The van der Waals surface area contributed by atoms with Crippen LogP contribution in [0.2, 0.25) is 5.02 Å². The van der Waals surface area contributed by atoms with Gasteiger partial charge in [-0.15, -0.1) is 0 Å². The molecule has 0 fully saturated rings. The number of primary amides is 1. The van der Waals surface area contributed by atoms with E-state index in [0.29, 0.717) is 5.69 Å². The smallest absolute Gasteiger partial charge is 0.255 e. The fourth-order valence-corrected chi connectivity index (χ4v) is 2.65. The summed E-state index contributed by atoms with van der Waals surface area (Å²) in [7, 11) is 1.40. The molecule has 0 aromatic heterocycles. The minimum atomic E-state index is -0.648. The molecule has 0 spiro atoms. The lowest BCUT2D eigenvalue weighted by atomic mass is 10.1. The van der Waals surface area contributed by atoms with Gasteiger partial charge in [0.2, 0.25) is 0 Å². The minimum Gasteiger partial charge on any atom is -0.493 e. The van der Waals surface area contributed by atoms with Crippen molar-refractivity contribution in [3.05, 3.63) is 51.0 Å². The molecular weight excluding hydrogens is 412 g/mol. The van der Waals surface area contributed by atoms with Crippen LogP contribution in [0.1, 0.15) is 15.9 Å². The van der Waals surface area contributed by atoms with Crippen LogP contribution in [-0.4, -0.2) is 25.5 Å². The second-order valence-corrected chi connectivity index (χ2v) is 6.42. The highest BCUT2D eigenvalue weighted by Crippen LogP contribution is 2.36. The SMILES string of the molecule is COc1cc(C(=O)Nc2ccc(C)c(Br)c2)cc(Cl)c1OCC(N)=O. The number of benzene rings is 2. The number of carbonyl (C=O) groups is 2. The lowest BCUT2D eigenvalue weighted by Crippen LogP contribution is -2.20. The minimum absolute atomic E-state index is 0.135. The Morgan fingerprint density at radius 3 is 2.60 bits per heavy atom. The van der Waals surface area contributed by atoms with Gasteiger partial charge in [-0.2, -0.15) is 0 Å². The van der Waals surface area contributed by atoms with Gasteiger partial charge in [-0.25, -0.2) is 0 Å². The molecule has 0 aliphatic heterocycles. The number of aryl methyl sites for hydroxylation is 1. The summed E-state index contributed by atoms with van der Waals surface area (Å²) < 4.78 is 11.3. The summed E-state index contributed by atoms with van der Waals surface area (Å²) in [5, 5.41) is 2.91. The average molecular weight is 428 g/mol. The van der Waals surface area contributed by atoms with Gasteiger partial charge in [-0.05, 0) is 36.8 Å². The van der Waals surface area contributed by atoms with Crippen molar-refractivity contribution < 1.29 is 19.1 Å². The van der Waals surface area contributed by atoms with E-state index < -0.39 is 5.91 Å². The van der Waals surface area contributed by atoms with Crippen molar-refractivity contribution in [2.75, 3.05) is 19.0 Å². The van der Waals surface area contributed by atoms with Gasteiger partial charge in [0.05, 0.1) is 12.1 Å². The molecule has 0 aliphatic carbocycles. The molecule has 0 radical (unpaired) electrons. The van der Waals surface area contributed by atoms with Crippen LogP contribution in [0.4, 0.5) is 5.69 Å². The van der Waals surface area contributed by atoms with Crippen molar-refractivity contribution in [3.63, 3.8) is 0 Å². The summed E-state index contributed by atoms with van der Waals surface area (Å²) in [6.07, 6.45) is 0. The number of halogens is 2. The summed E-state index contributed by atoms with van der Waals surface area (Å²) in [6, 6.07) is 8.38. The van der Waals surface area contributed by atoms with E-state index in [1.807, 2.05) is 13.0 Å². The van der Waals surface area contributed by atoms with Crippen LogP contribution in [0.15, 0.2) is 34.8 Å². The van der Waals surface area contributed by atoms with Crippen LogP contribution in [-0.2, 0) is 4.79 Å². The van der Waals surface area contributed by atoms with E-state index in [-0.39, 0.29) is 34.6 Å². The molecule has 0 atom stereocenters. The highest BCUT2D eigenvalue weighted by molar-refractivity contribution is 9.10. The Bertz CT molecular complexity index is 827. The Labute approximate surface area is 158 Å². The molecule has 2 rings (SSSR count). The number of nitrogens with one attached hydrogen (secondary N) is 1. The molecule has 132 valence electrons. The van der Waals surface area contributed by atoms with Gasteiger partial charge >= 0.3 is 0 Å². The maximum atomic E-state index is 12.5. The predicted molar refractivity (Wildman–Crippen MR) is 99.5 cm³/mol. The maximum absolute atomic E-state index is 12.5. The third-order valence-corrected chi connectivity index (χ3v) is 4.42. The van der Waals surface area contributed by atoms with Crippen molar-refractivity contribution in [1.29, 1.82) is 0 Å². The number of ether oxygens (including phenoxy) is 2. The van der Waals surface area contributed by atoms with Crippen molar-refractivity contribution in [1.82, 2.24) is 0 Å². The summed E-state index contributed by atoms with van der Waals surface area (Å²) in [6.45, 7) is 1.60. The van der Waals surface area contributed by atoms with Crippen molar-refractivity contribution in [2.45, 2.75) is 6.92 Å². The molecule has 3 N–H and O–H groups in total. The van der Waals surface area contributed by atoms with Crippen LogP contribution in [0, 0.1) is 6.92 Å². The van der Waals surface area contributed by atoms with Crippen LogP contribution in [0.3, 0.4) is 0 Å². The first kappa shape index (κ1) is 19.1. The molecule has 2 aromatic carbocycles. The topological polar surface area (TPSA) is 90.7 Å². The number of nitrogens with two attached hydrogens (primary N) is 1. The van der Waals surface area contributed by atoms with Gasteiger partial charge < -0.3 is 20.5 Å². The van der Waals surface area contributed by atoms with Gasteiger partial charge in [0.15, 0.2) is 18.1 Å². The quantitative estimate of drug-likeness (QED) is 0.738. The summed E-state index contributed by atoms with van der Waals surface area (Å²) in [4.78, 5) is 23.3. The van der Waals surface area contributed by atoms with Crippen LogP contribution in [0.5, 0.6) is 11.5 Å². The van der Waals surface area contributed by atoms with Gasteiger partial charge in [-0.1, -0.05) is 33.6 Å². The second kappa shape index (κ2) is 8.22. The predicted octanol–water partition coefficient (Wildman–Crippen LogP) is 3.54. The van der Waals surface area contributed by atoms with E-state index in [1.165, 1.54) is 19.2 Å². The number of hydrogen-bond donors (Lipinski definition) is 2. The maximum Gasteiger partial charge on any atom is 0.255 e. The van der Waals surface area contributed by atoms with Crippen LogP contribution >= 0.6 is 27.5 Å². The lowest BCUT2D eigenvalue weighted by Gasteiger charge is -2.13. The first-order valence-electron chi connectivity index (χ1n) is 7.18. The molecular formula is C17H16BrClN2O4. The Balaban J connectivity index is 2.26. The Hall–Kier alpha value is -2.25. The lowest BCUT2D eigenvalue weighted by molar-refractivity contribution is -0.119. The number of carbonyl (C=O) groups excluding carboxylic acids is 2. The van der Waals surface area contributed by atoms with E-state index >= 15 is 0 Å². The Morgan fingerprint density at radius 2 is 2.00 bits per heavy atom. The number of methoxy groups -OCH3 is 1. The molecule has 0 unspecified atom stereocenters. The Morgan fingerprint density at radius 1 is 1.28 bits per heavy atom. The monoisotopic (exact) mass is 426 g/mol. The summed E-state index contributed by atoms with van der Waals surface area (Å²) in [5.41, 5.74) is 7.02. The van der Waals surface area contributed by atoms with Gasteiger partial charge in [0.25, 0.3) is 11.8 Å². The summed E-state index contributed by atoms with van der Waals surface area (Å²) >= 11 is 9.56. The van der Waals surface area contributed by atoms with E-state index in [4.69, 9.17) is 26.8 Å². The van der Waals surface area contributed by atoms with Crippen molar-refractivity contribution in [2.24, 2.45) is 5.73 Å². The van der Waals surface area contributed by atoms with Gasteiger partial charge in [-0.3, -0.25) is 9.59 Å². The van der Waals surface area contributed by atoms with Gasteiger partial charge in [0, 0.05) is 15.7 Å². The largest absolute Gasteiger partial charge is 0.493 e. The van der Waals surface area contributed by atoms with Gasteiger partial charge in [0.1, 0.15) is 0 Å². The zero-order valence-electron chi connectivity index (χ0n) is 13.6. The molecule has 25 heavy (non-hydrogen) atoms. The third kappa shape index (κ3) is 4.87. The first-order chi connectivity index (χ1) is 11.8. The molecule has 0 aliphatic rings. The number of anilines is 1. The van der Waals surface area contributed by atoms with Crippen LogP contribution < -0.4 is 20.5 Å². The zero-order valence-corrected chi connectivity index (χ0v) is 15.9. The average Bonchev–Trinajstić information content (AvgIpc) is 2.56.